The van der Waals surface area contributed by atoms with E-state index >= 15 is 0 Å². The molecule has 4 unspecified atom stereocenters. The molecule has 1 N–H and O–H groups in total. The zero-order valence-electron chi connectivity index (χ0n) is 13.7. The van der Waals surface area contributed by atoms with Crippen LogP contribution in [0.15, 0.2) is 12.3 Å². The van der Waals surface area contributed by atoms with E-state index in [2.05, 4.69) is 40.5 Å². The van der Waals surface area contributed by atoms with E-state index in [-0.39, 0.29) is 0 Å². The van der Waals surface area contributed by atoms with Gasteiger partial charge in [0.1, 0.15) is 7.85 Å². The molecule has 2 heteroatoms. The molecule has 110 valence electrons. The van der Waals surface area contributed by atoms with E-state index in [1.54, 1.807) is 0 Å². The molecule has 0 amide bonds. The highest BCUT2D eigenvalue weighted by atomic mass is 14.9. The molecular formula is C17H34BN. The van der Waals surface area contributed by atoms with Crippen molar-refractivity contribution in [2.24, 2.45) is 17.8 Å². The third-order valence-corrected chi connectivity index (χ3v) is 5.20. The van der Waals surface area contributed by atoms with E-state index in [9.17, 15) is 0 Å². The fourth-order valence-corrected chi connectivity index (χ4v) is 4.20. The molecular weight excluding hydrogens is 229 g/mol. The summed E-state index contributed by atoms with van der Waals surface area (Å²) >= 11 is 0. The minimum atomic E-state index is 0.939. The van der Waals surface area contributed by atoms with Crippen LogP contribution in [0.3, 0.4) is 0 Å². The van der Waals surface area contributed by atoms with Crippen LogP contribution in [0, 0.1) is 17.8 Å². The summed E-state index contributed by atoms with van der Waals surface area (Å²) in [5.41, 5.74) is 1.22. The van der Waals surface area contributed by atoms with Crippen LogP contribution >= 0.6 is 0 Å². The molecule has 0 saturated heterocycles. The Kier molecular flexibility index (Phi) is 7.64. The number of nitrogens with one attached hydrogen (secondary N) is 1. The molecule has 0 aromatic carbocycles. The second kappa shape index (κ2) is 8.71. The Morgan fingerprint density at radius 2 is 1.95 bits per heavy atom. The van der Waals surface area contributed by atoms with Crippen molar-refractivity contribution in [3.8, 4) is 0 Å². The van der Waals surface area contributed by atoms with Gasteiger partial charge < -0.3 is 5.32 Å². The lowest BCUT2D eigenvalue weighted by molar-refractivity contribution is 0.279. The average molecular weight is 263 g/mol. The Hall–Kier alpha value is -0.395. The highest BCUT2D eigenvalue weighted by molar-refractivity contribution is 6.12. The molecule has 0 aliphatic heterocycles. The van der Waals surface area contributed by atoms with Crippen molar-refractivity contribution in [2.75, 3.05) is 6.54 Å². The van der Waals surface area contributed by atoms with Gasteiger partial charge in [-0.25, -0.2) is 0 Å². The highest BCUT2D eigenvalue weighted by Gasteiger charge is 2.37. The van der Waals surface area contributed by atoms with Gasteiger partial charge >= 0.3 is 0 Å². The molecule has 0 bridgehead atoms. The first-order valence-electron chi connectivity index (χ1n) is 8.55. The van der Waals surface area contributed by atoms with Crippen molar-refractivity contribution in [1.29, 1.82) is 0 Å². The van der Waals surface area contributed by atoms with Crippen molar-refractivity contribution < 1.29 is 0 Å². The zero-order valence-corrected chi connectivity index (χ0v) is 13.7. The van der Waals surface area contributed by atoms with Crippen LogP contribution < -0.4 is 5.32 Å². The van der Waals surface area contributed by atoms with Crippen LogP contribution in [0.1, 0.15) is 65.7 Å². The first-order chi connectivity index (χ1) is 9.13. The highest BCUT2D eigenvalue weighted by Crippen LogP contribution is 2.48. The summed E-state index contributed by atoms with van der Waals surface area (Å²) in [6.07, 6.45) is 9.26. The maximum atomic E-state index is 4.07. The maximum Gasteiger partial charge on any atom is 0.105 e. The van der Waals surface area contributed by atoms with Crippen LogP contribution in [0.5, 0.6) is 0 Å². The molecule has 0 heterocycles. The average Bonchev–Trinajstić information content (AvgIpc) is 2.70. The zero-order chi connectivity index (χ0) is 14.3. The number of hydrogen-bond donors (Lipinski definition) is 1. The van der Waals surface area contributed by atoms with Crippen molar-refractivity contribution in [3.63, 3.8) is 0 Å². The summed E-state index contributed by atoms with van der Waals surface area (Å²) in [5.74, 6) is 3.89. The molecule has 1 aliphatic carbocycles. The molecule has 1 saturated carbocycles. The third-order valence-electron chi connectivity index (χ3n) is 5.20. The predicted octanol–water partition coefficient (Wildman–Crippen LogP) is 4.16. The van der Waals surface area contributed by atoms with Crippen LogP contribution in [-0.4, -0.2) is 14.4 Å². The summed E-state index contributed by atoms with van der Waals surface area (Å²) in [7, 11) is 2.48. The smallest absolute Gasteiger partial charge is 0.105 e. The van der Waals surface area contributed by atoms with Gasteiger partial charge in [0, 0.05) is 12.2 Å². The van der Waals surface area contributed by atoms with Gasteiger partial charge in [-0.1, -0.05) is 58.9 Å². The second-order valence-electron chi connectivity index (χ2n) is 6.54. The molecule has 4 atom stereocenters. The Morgan fingerprint density at radius 3 is 2.53 bits per heavy atom. The molecule has 1 nitrogen and oxygen atoms in total. The molecule has 1 fully saturated rings. The molecule has 1 aliphatic rings. The van der Waals surface area contributed by atoms with Gasteiger partial charge in [-0.15, -0.1) is 0 Å². The molecule has 1 rings (SSSR count). The number of hydrogen-bond acceptors (Lipinski definition) is 1. The van der Waals surface area contributed by atoms with Gasteiger partial charge in [-0.3, -0.25) is 0 Å². The topological polar surface area (TPSA) is 12.0 Å². The van der Waals surface area contributed by atoms with Gasteiger partial charge in [-0.2, -0.15) is 0 Å². The molecule has 0 aromatic heterocycles. The third kappa shape index (κ3) is 4.89. The van der Waals surface area contributed by atoms with Crippen LogP contribution in [-0.2, 0) is 0 Å². The summed E-state index contributed by atoms with van der Waals surface area (Å²) in [4.78, 5) is 0. The quantitative estimate of drug-likeness (QED) is 0.486. The van der Waals surface area contributed by atoms with Crippen LogP contribution in [0.2, 0.25) is 5.82 Å². The van der Waals surface area contributed by atoms with Gasteiger partial charge in [0.25, 0.3) is 0 Å². The van der Waals surface area contributed by atoms with Gasteiger partial charge in [0.05, 0.1) is 0 Å². The standard InChI is InChI=1S/C17H34BN/c1-5-9-13(4)19-11-8-10-16-15(7-3)14(6-2)12-17(16)18/h14-17,19H,4-12,18H2,1-3H3. The summed E-state index contributed by atoms with van der Waals surface area (Å²) < 4.78 is 0. The first-order valence-corrected chi connectivity index (χ1v) is 8.55. The van der Waals surface area contributed by atoms with Gasteiger partial charge in [0.15, 0.2) is 0 Å². The minimum absolute atomic E-state index is 0.939. The SMILES string of the molecule is BC1CC(CC)C(CC)C1CCCNC(=C)CCC. The summed E-state index contributed by atoms with van der Waals surface area (Å²) in [5, 5.41) is 3.49. The molecule has 0 aromatic rings. The van der Waals surface area contributed by atoms with Crippen LogP contribution in [0.25, 0.3) is 0 Å². The van der Waals surface area contributed by atoms with E-state index in [1.165, 1.54) is 44.2 Å². The second-order valence-corrected chi connectivity index (χ2v) is 6.54. The lowest BCUT2D eigenvalue weighted by atomic mass is 9.74. The van der Waals surface area contributed by atoms with E-state index < -0.39 is 0 Å². The van der Waals surface area contributed by atoms with Crippen molar-refractivity contribution in [3.05, 3.63) is 12.3 Å². The molecule has 19 heavy (non-hydrogen) atoms. The Morgan fingerprint density at radius 1 is 1.21 bits per heavy atom. The lowest BCUT2D eigenvalue weighted by Gasteiger charge is -2.25. The number of allylic oxidation sites excluding steroid dienone is 1. The number of rotatable bonds is 9. The maximum absolute atomic E-state index is 4.07. The van der Waals surface area contributed by atoms with Gasteiger partial charge in [0.2, 0.25) is 0 Å². The largest absolute Gasteiger partial charge is 0.389 e. The van der Waals surface area contributed by atoms with Crippen LogP contribution in [0.4, 0.5) is 0 Å². The van der Waals surface area contributed by atoms with E-state index in [1.807, 2.05) is 0 Å². The van der Waals surface area contributed by atoms with Crippen molar-refractivity contribution in [2.45, 2.75) is 71.5 Å². The Balaban J connectivity index is 2.29. The molecule has 0 spiro atoms. The van der Waals surface area contributed by atoms with E-state index in [0.717, 1.165) is 36.5 Å². The normalized spacial score (nSPS) is 30.5. The fourth-order valence-electron chi connectivity index (χ4n) is 4.20. The fraction of sp³-hybridized carbons (Fsp3) is 0.882. The van der Waals surface area contributed by atoms with Gasteiger partial charge in [-0.05, 0) is 37.0 Å². The predicted molar refractivity (Wildman–Crippen MR) is 89.2 cm³/mol. The summed E-state index contributed by atoms with van der Waals surface area (Å²) in [6.45, 7) is 12.2. The van der Waals surface area contributed by atoms with Crippen molar-refractivity contribution >= 4 is 7.85 Å². The Bertz CT molecular complexity index is 264. The van der Waals surface area contributed by atoms with Crippen molar-refractivity contribution in [1.82, 2.24) is 5.32 Å². The minimum Gasteiger partial charge on any atom is -0.389 e. The molecule has 0 radical (unpaired) electrons. The van der Waals surface area contributed by atoms with E-state index in [4.69, 9.17) is 0 Å². The van der Waals surface area contributed by atoms with E-state index in [0.29, 0.717) is 0 Å². The summed E-state index contributed by atoms with van der Waals surface area (Å²) in [6, 6.07) is 0. The monoisotopic (exact) mass is 263 g/mol. The Labute approximate surface area is 122 Å². The lowest BCUT2D eigenvalue weighted by Crippen LogP contribution is -2.19. The first kappa shape index (κ1) is 16.7.